The van der Waals surface area contributed by atoms with Crippen molar-refractivity contribution >= 4 is 39.0 Å². The predicted octanol–water partition coefficient (Wildman–Crippen LogP) is 4.26. The molecule has 1 atom stereocenters. The molecule has 3 N–H and O–H groups in total. The fourth-order valence-electron chi connectivity index (χ4n) is 5.14. The topological polar surface area (TPSA) is 121 Å². The number of hydrogen-bond acceptors (Lipinski definition) is 8. The molecule has 2 aliphatic carbocycles. The van der Waals surface area contributed by atoms with Gasteiger partial charge in [0.2, 0.25) is 0 Å². The Kier molecular flexibility index (Phi) is 7.83. The smallest absolute Gasteiger partial charge is 0.391 e. The van der Waals surface area contributed by atoms with E-state index in [4.69, 9.17) is 16.3 Å². The van der Waals surface area contributed by atoms with Crippen molar-refractivity contribution in [3.8, 4) is 5.75 Å². The van der Waals surface area contributed by atoms with Crippen LogP contribution in [0.25, 0.3) is 0 Å². The van der Waals surface area contributed by atoms with Crippen molar-refractivity contribution < 1.29 is 36.2 Å². The minimum Gasteiger partial charge on any atom is -0.474 e. The molecule has 40 heavy (non-hydrogen) atoms. The number of para-hydroxylation sites is 1. The second-order valence-corrected chi connectivity index (χ2v) is 12.6. The molecule has 1 unspecified atom stereocenters. The number of amides is 1. The summed E-state index contributed by atoms with van der Waals surface area (Å²) in [6.07, 6.45) is -3.06. The zero-order valence-electron chi connectivity index (χ0n) is 21.5. The molecular formula is C26H30ClF3N4O5S. The predicted molar refractivity (Wildman–Crippen MR) is 142 cm³/mol. The summed E-state index contributed by atoms with van der Waals surface area (Å²) in [7, 11) is -4.34. The van der Waals surface area contributed by atoms with Crippen LogP contribution in [-0.4, -0.2) is 61.4 Å². The average molecular weight is 603 g/mol. The first kappa shape index (κ1) is 28.7. The van der Waals surface area contributed by atoms with Gasteiger partial charge >= 0.3 is 6.18 Å². The Labute approximate surface area is 235 Å². The number of nitrogens with one attached hydrogen (secondary N) is 2. The Morgan fingerprint density at radius 1 is 1.10 bits per heavy atom. The number of halogens is 4. The summed E-state index contributed by atoms with van der Waals surface area (Å²) in [5.41, 5.74) is -1.05. The molecule has 0 bridgehead atoms. The molecule has 3 fully saturated rings. The number of hydrogen-bond donors (Lipinski definition) is 3. The molecule has 1 aromatic carbocycles. The van der Waals surface area contributed by atoms with Crippen LogP contribution in [-0.2, 0) is 14.8 Å². The Morgan fingerprint density at radius 2 is 1.80 bits per heavy atom. The molecule has 5 rings (SSSR count). The highest BCUT2D eigenvalue weighted by Gasteiger charge is 2.55. The number of β-amino-alcohol motifs (C(OH)–C–C–N with tert-alkyl or cyclic N) is 1. The number of carbonyl (C=O) groups is 1. The standard InChI is InChI=1S/C26H30ClF3N4O5S/c27-19-3-1-4-20(31-17-9-7-16(8-10-17)26(28,29)30)23(19)39-25(12-13-25)24(36)33-40(37,38)22-6-2-5-21(32-22)34-14-11-18(35)15-34/h1-6,16-18,31,35H,7-15H2,(H,33,36). The molecular weight excluding hydrogens is 573 g/mol. The Bertz CT molecular complexity index is 1360. The van der Waals surface area contributed by atoms with Crippen LogP contribution in [0.3, 0.4) is 0 Å². The lowest BCUT2D eigenvalue weighted by molar-refractivity contribution is -0.182. The minimum absolute atomic E-state index is 0.00963. The molecule has 9 nitrogen and oxygen atoms in total. The number of sulfonamides is 1. The molecule has 3 aliphatic rings. The first-order chi connectivity index (χ1) is 18.9. The third-order valence-electron chi connectivity index (χ3n) is 7.63. The number of benzene rings is 1. The number of pyridine rings is 1. The molecule has 1 aromatic heterocycles. The minimum atomic E-state index is -4.34. The third kappa shape index (κ3) is 6.26. The maximum absolute atomic E-state index is 13.2. The normalized spacial score (nSPS) is 24.4. The van der Waals surface area contributed by atoms with E-state index in [-0.39, 0.29) is 47.5 Å². The highest BCUT2D eigenvalue weighted by atomic mass is 35.5. The zero-order valence-corrected chi connectivity index (χ0v) is 23.0. The van der Waals surface area contributed by atoms with Gasteiger partial charge in [-0.05, 0) is 56.4 Å². The largest absolute Gasteiger partial charge is 0.474 e. The van der Waals surface area contributed by atoms with Crippen molar-refractivity contribution in [2.45, 2.75) is 73.9 Å². The molecule has 218 valence electrons. The maximum Gasteiger partial charge on any atom is 0.391 e. The fourth-order valence-corrected chi connectivity index (χ4v) is 6.36. The van der Waals surface area contributed by atoms with Crippen LogP contribution in [0.1, 0.15) is 44.9 Å². The summed E-state index contributed by atoms with van der Waals surface area (Å²) < 4.78 is 73.4. The van der Waals surface area contributed by atoms with E-state index in [9.17, 15) is 31.5 Å². The highest BCUT2D eigenvalue weighted by Crippen LogP contribution is 2.46. The van der Waals surface area contributed by atoms with Gasteiger partial charge in [-0.1, -0.05) is 23.7 Å². The maximum atomic E-state index is 13.2. The lowest BCUT2D eigenvalue weighted by atomic mass is 9.85. The SMILES string of the molecule is O=C(NS(=O)(=O)c1cccc(N2CCC(O)C2)n1)C1(Oc2c(Cl)cccc2NC2CCC(C(F)(F)F)CC2)CC1. The monoisotopic (exact) mass is 602 g/mol. The molecule has 2 heterocycles. The summed E-state index contributed by atoms with van der Waals surface area (Å²) >= 11 is 6.39. The van der Waals surface area contributed by atoms with Crippen molar-refractivity contribution in [1.29, 1.82) is 0 Å². The van der Waals surface area contributed by atoms with Crippen LogP contribution in [0.5, 0.6) is 5.75 Å². The van der Waals surface area contributed by atoms with E-state index in [1.165, 1.54) is 12.1 Å². The van der Waals surface area contributed by atoms with Crippen LogP contribution in [0.15, 0.2) is 41.4 Å². The quantitative estimate of drug-likeness (QED) is 0.410. The summed E-state index contributed by atoms with van der Waals surface area (Å²) in [5.74, 6) is -1.67. The molecule has 1 saturated heterocycles. The third-order valence-corrected chi connectivity index (χ3v) is 9.16. The van der Waals surface area contributed by atoms with Crippen molar-refractivity contribution in [2.24, 2.45) is 5.92 Å². The Balaban J connectivity index is 1.27. The lowest BCUT2D eigenvalue weighted by Crippen LogP contribution is -2.43. The summed E-state index contributed by atoms with van der Waals surface area (Å²) in [5, 5.41) is 12.8. The molecule has 0 radical (unpaired) electrons. The summed E-state index contributed by atoms with van der Waals surface area (Å²) in [4.78, 5) is 19.1. The Hall–Kier alpha value is -2.77. The zero-order chi connectivity index (χ0) is 28.7. The van der Waals surface area contributed by atoms with Gasteiger partial charge < -0.3 is 20.1 Å². The number of aliphatic hydroxyl groups is 1. The first-order valence-corrected chi connectivity index (χ1v) is 15.0. The number of aromatic nitrogens is 1. The van der Waals surface area contributed by atoms with Gasteiger partial charge in [0.15, 0.2) is 16.4 Å². The van der Waals surface area contributed by atoms with Gasteiger partial charge in [-0.15, -0.1) is 0 Å². The van der Waals surface area contributed by atoms with E-state index < -0.39 is 39.7 Å². The van der Waals surface area contributed by atoms with Gasteiger partial charge in [0.25, 0.3) is 15.9 Å². The van der Waals surface area contributed by atoms with Gasteiger partial charge in [0.1, 0.15) is 5.82 Å². The number of aliphatic hydroxyl groups excluding tert-OH is 1. The lowest BCUT2D eigenvalue weighted by Gasteiger charge is -2.31. The summed E-state index contributed by atoms with van der Waals surface area (Å²) in [6.45, 7) is 0.858. The van der Waals surface area contributed by atoms with E-state index in [0.29, 0.717) is 43.9 Å². The first-order valence-electron chi connectivity index (χ1n) is 13.1. The van der Waals surface area contributed by atoms with Gasteiger partial charge in [-0.3, -0.25) is 4.79 Å². The highest BCUT2D eigenvalue weighted by molar-refractivity contribution is 7.90. The van der Waals surface area contributed by atoms with Crippen LogP contribution in [0.2, 0.25) is 5.02 Å². The van der Waals surface area contributed by atoms with Crippen molar-refractivity contribution in [2.75, 3.05) is 23.3 Å². The van der Waals surface area contributed by atoms with Crippen molar-refractivity contribution in [1.82, 2.24) is 9.71 Å². The molecule has 0 spiro atoms. The average Bonchev–Trinajstić information content (AvgIpc) is 3.57. The van der Waals surface area contributed by atoms with Crippen LogP contribution >= 0.6 is 11.6 Å². The number of ether oxygens (including phenoxy) is 1. The van der Waals surface area contributed by atoms with E-state index in [0.717, 1.165) is 0 Å². The molecule has 1 aliphatic heterocycles. The molecule has 2 saturated carbocycles. The van der Waals surface area contributed by atoms with Crippen molar-refractivity contribution in [3.05, 3.63) is 41.4 Å². The van der Waals surface area contributed by atoms with Crippen LogP contribution in [0.4, 0.5) is 24.7 Å². The van der Waals surface area contributed by atoms with Crippen LogP contribution in [0, 0.1) is 5.92 Å². The number of carbonyl (C=O) groups excluding carboxylic acids is 1. The van der Waals surface area contributed by atoms with E-state index >= 15 is 0 Å². The number of rotatable bonds is 8. The fraction of sp³-hybridized carbons (Fsp3) is 0.538. The van der Waals surface area contributed by atoms with Crippen LogP contribution < -0.4 is 19.7 Å². The van der Waals surface area contributed by atoms with Gasteiger partial charge in [-0.25, -0.2) is 9.71 Å². The number of alkyl halides is 3. The van der Waals surface area contributed by atoms with E-state index in [2.05, 4.69) is 15.0 Å². The van der Waals surface area contributed by atoms with E-state index in [1.54, 1.807) is 29.2 Å². The molecule has 2 aromatic rings. The number of nitrogens with zero attached hydrogens (tertiary/aromatic N) is 2. The van der Waals surface area contributed by atoms with Gasteiger partial charge in [0.05, 0.1) is 22.7 Å². The molecule has 14 heteroatoms. The van der Waals surface area contributed by atoms with E-state index in [1.807, 2.05) is 0 Å². The Morgan fingerprint density at radius 3 is 2.42 bits per heavy atom. The summed E-state index contributed by atoms with van der Waals surface area (Å²) in [6, 6.07) is 9.05. The van der Waals surface area contributed by atoms with Gasteiger partial charge in [0, 0.05) is 32.0 Å². The number of anilines is 2. The second kappa shape index (κ2) is 10.9. The van der Waals surface area contributed by atoms with Crippen molar-refractivity contribution in [3.63, 3.8) is 0 Å². The molecule has 1 amide bonds. The van der Waals surface area contributed by atoms with Gasteiger partial charge in [-0.2, -0.15) is 21.6 Å². The second-order valence-electron chi connectivity index (χ2n) is 10.6.